The van der Waals surface area contributed by atoms with Gasteiger partial charge in [0.1, 0.15) is 5.52 Å². The van der Waals surface area contributed by atoms with Gasteiger partial charge in [-0.3, -0.25) is 0 Å². The van der Waals surface area contributed by atoms with E-state index in [2.05, 4.69) is 10.3 Å². The predicted octanol–water partition coefficient (Wildman–Crippen LogP) is 4.08. The summed E-state index contributed by atoms with van der Waals surface area (Å²) < 4.78 is 30.6. The van der Waals surface area contributed by atoms with Crippen LogP contribution in [0.2, 0.25) is 0 Å². The smallest absolute Gasteiger partial charge is 0.337 e. The average molecular weight is 445 g/mol. The molecule has 2 aromatic carbocycles. The number of carboxylic acids is 1. The Hall–Kier alpha value is -2.71. The second-order valence-corrected chi connectivity index (χ2v) is 9.54. The van der Waals surface area contributed by atoms with E-state index in [0.29, 0.717) is 6.42 Å². The van der Waals surface area contributed by atoms with Crippen molar-refractivity contribution in [2.45, 2.75) is 43.4 Å². The van der Waals surface area contributed by atoms with Gasteiger partial charge < -0.3 is 14.8 Å². The first-order valence-corrected chi connectivity index (χ1v) is 12.2. The van der Waals surface area contributed by atoms with Crippen LogP contribution in [0.3, 0.4) is 0 Å². The van der Waals surface area contributed by atoms with E-state index >= 15 is 0 Å². The number of rotatable bonds is 13. The van der Waals surface area contributed by atoms with Gasteiger partial charge in [-0.25, -0.2) is 18.2 Å². The van der Waals surface area contributed by atoms with Gasteiger partial charge in [-0.15, -0.1) is 0 Å². The topological polar surface area (TPSA) is 110 Å². The number of nitrogens with one attached hydrogen (secondary N) is 1. The highest BCUT2D eigenvalue weighted by Gasteiger charge is 2.21. The fourth-order valence-electron chi connectivity index (χ4n) is 3.42. The first-order chi connectivity index (χ1) is 15.0. The van der Waals surface area contributed by atoms with Gasteiger partial charge in [-0.05, 0) is 63.0 Å². The summed E-state index contributed by atoms with van der Waals surface area (Å²) in [6.45, 7) is 1.72. The van der Waals surface area contributed by atoms with Gasteiger partial charge in [-0.1, -0.05) is 30.7 Å². The Morgan fingerprint density at radius 1 is 0.935 bits per heavy atom. The van der Waals surface area contributed by atoms with Gasteiger partial charge in [0.15, 0.2) is 21.3 Å². The van der Waals surface area contributed by atoms with Crippen LogP contribution >= 0.6 is 0 Å². The summed E-state index contributed by atoms with van der Waals surface area (Å²) in [4.78, 5) is 15.6. The van der Waals surface area contributed by atoms with Crippen LogP contribution in [-0.4, -0.2) is 43.3 Å². The zero-order valence-corrected chi connectivity index (χ0v) is 18.2. The lowest BCUT2D eigenvalue weighted by Gasteiger charge is -2.08. The van der Waals surface area contributed by atoms with Crippen molar-refractivity contribution < 1.29 is 22.7 Å². The van der Waals surface area contributed by atoms with Crippen molar-refractivity contribution in [3.05, 3.63) is 60.0 Å². The third-order valence-electron chi connectivity index (χ3n) is 5.05. The van der Waals surface area contributed by atoms with Crippen molar-refractivity contribution in [1.29, 1.82) is 0 Å². The maximum atomic E-state index is 12.4. The number of aryl methyl sites for hydroxylation is 1. The highest BCUT2D eigenvalue weighted by molar-refractivity contribution is 7.91. The largest absolute Gasteiger partial charge is 0.478 e. The average Bonchev–Trinajstić information content (AvgIpc) is 3.18. The zero-order chi connectivity index (χ0) is 22.1. The van der Waals surface area contributed by atoms with Crippen molar-refractivity contribution in [2.24, 2.45) is 0 Å². The van der Waals surface area contributed by atoms with Crippen molar-refractivity contribution in [3.63, 3.8) is 0 Å². The van der Waals surface area contributed by atoms with E-state index < -0.39 is 15.8 Å². The Morgan fingerprint density at radius 2 is 1.65 bits per heavy atom. The summed E-state index contributed by atoms with van der Waals surface area (Å²) in [5.41, 5.74) is 1.55. The number of carbonyl (C=O) groups is 1. The van der Waals surface area contributed by atoms with Crippen LogP contribution in [0.1, 0.15) is 48.4 Å². The molecule has 0 aliphatic heterocycles. The number of hydrogen-bond donors (Lipinski definition) is 2. The molecule has 1 aromatic heterocycles. The Kier molecular flexibility index (Phi) is 8.20. The molecule has 8 heteroatoms. The van der Waals surface area contributed by atoms with Gasteiger partial charge in [0, 0.05) is 6.42 Å². The van der Waals surface area contributed by atoms with Crippen LogP contribution in [0.5, 0.6) is 0 Å². The molecule has 0 aliphatic rings. The fraction of sp³-hybridized carbons (Fsp3) is 0.391. The number of sulfone groups is 1. The van der Waals surface area contributed by atoms with Gasteiger partial charge in [0.05, 0.1) is 16.2 Å². The minimum atomic E-state index is -3.59. The van der Waals surface area contributed by atoms with E-state index in [4.69, 9.17) is 4.42 Å². The molecule has 0 atom stereocenters. The number of nitrogens with zero attached hydrogens (tertiary/aromatic N) is 1. The summed E-state index contributed by atoms with van der Waals surface area (Å²) in [5, 5.41) is 12.5. The molecule has 0 saturated heterocycles. The zero-order valence-electron chi connectivity index (χ0n) is 17.4. The molecule has 0 amide bonds. The van der Waals surface area contributed by atoms with Crippen LogP contribution in [0.25, 0.3) is 11.1 Å². The highest BCUT2D eigenvalue weighted by atomic mass is 32.2. The number of hydrogen-bond acceptors (Lipinski definition) is 6. The van der Waals surface area contributed by atoms with E-state index in [0.717, 1.165) is 62.2 Å². The lowest BCUT2D eigenvalue weighted by molar-refractivity contribution is 0.0692. The van der Waals surface area contributed by atoms with E-state index in [1.165, 1.54) is 18.2 Å². The molecule has 166 valence electrons. The molecule has 7 nitrogen and oxygen atoms in total. The third-order valence-corrected chi connectivity index (χ3v) is 6.90. The normalized spacial score (nSPS) is 11.7. The lowest BCUT2D eigenvalue weighted by Crippen LogP contribution is -2.17. The molecule has 0 radical (unpaired) electrons. The Balaban J connectivity index is 1.26. The Bertz CT molecular complexity index is 1070. The van der Waals surface area contributed by atoms with E-state index in [9.17, 15) is 18.3 Å². The minimum absolute atomic E-state index is 0.0399. The number of carboxylic acid groups (broad SMARTS) is 1. The number of oxazole rings is 1. The second kappa shape index (κ2) is 11.1. The van der Waals surface area contributed by atoms with Gasteiger partial charge in [0.25, 0.3) is 0 Å². The molecule has 0 fully saturated rings. The monoisotopic (exact) mass is 444 g/mol. The summed E-state index contributed by atoms with van der Waals surface area (Å²) in [5.74, 6) is -0.492. The second-order valence-electron chi connectivity index (χ2n) is 7.46. The third kappa shape index (κ3) is 6.63. The van der Waals surface area contributed by atoms with Crippen LogP contribution in [0.4, 0.5) is 0 Å². The molecule has 0 aliphatic carbocycles. The summed E-state index contributed by atoms with van der Waals surface area (Å²) in [6, 6.07) is 13.5. The fourth-order valence-corrected chi connectivity index (χ4v) is 5.00. The molecule has 0 saturated carbocycles. The molecule has 2 N–H and O–H groups in total. The number of fused-ring (bicyclic) bond motifs is 1. The van der Waals surface area contributed by atoms with Crippen LogP contribution in [0.15, 0.2) is 57.8 Å². The van der Waals surface area contributed by atoms with Crippen molar-refractivity contribution in [2.75, 3.05) is 18.8 Å². The maximum Gasteiger partial charge on any atom is 0.337 e. The summed E-state index contributed by atoms with van der Waals surface area (Å²) >= 11 is 0. The van der Waals surface area contributed by atoms with Gasteiger partial charge in [0.2, 0.25) is 0 Å². The lowest BCUT2D eigenvalue weighted by atomic mass is 10.2. The summed E-state index contributed by atoms with van der Waals surface area (Å²) in [7, 11) is -3.59. The first-order valence-electron chi connectivity index (χ1n) is 10.6. The van der Waals surface area contributed by atoms with Gasteiger partial charge in [-0.2, -0.15) is 0 Å². The standard InChI is InChI=1S/C23H28N2O5S/c26-23(27)18-10-2-5-13-21(18)31(28,29)17-9-1-7-15-24-16-8-6-14-22-25-19-11-3-4-12-20(19)30-22/h2-5,10-13,24H,1,6-9,14-17H2,(H,26,27). The molecular formula is C23H28N2O5S. The van der Waals surface area contributed by atoms with E-state index in [1.54, 1.807) is 6.07 Å². The number of unbranched alkanes of at least 4 members (excludes halogenated alkanes) is 3. The minimum Gasteiger partial charge on any atom is -0.478 e. The summed E-state index contributed by atoms with van der Waals surface area (Å²) in [6.07, 6.45) is 4.97. The Labute approximate surface area is 182 Å². The number of aromatic carboxylic acids is 1. The maximum absolute atomic E-state index is 12.4. The van der Waals surface area contributed by atoms with Crippen LogP contribution in [0, 0.1) is 0 Å². The van der Waals surface area contributed by atoms with Crippen molar-refractivity contribution in [3.8, 4) is 0 Å². The molecule has 31 heavy (non-hydrogen) atoms. The molecule has 3 aromatic rings. The number of benzene rings is 2. The van der Waals surface area contributed by atoms with E-state index in [1.807, 2.05) is 24.3 Å². The van der Waals surface area contributed by atoms with Gasteiger partial charge >= 0.3 is 5.97 Å². The predicted molar refractivity (Wildman–Crippen MR) is 119 cm³/mol. The number of para-hydroxylation sites is 2. The quantitative estimate of drug-likeness (QED) is 0.382. The van der Waals surface area contributed by atoms with E-state index in [-0.39, 0.29) is 16.2 Å². The first kappa shape index (κ1) is 23.0. The Morgan fingerprint density at radius 3 is 2.42 bits per heavy atom. The molecular weight excluding hydrogens is 416 g/mol. The molecule has 0 unspecified atom stereocenters. The molecule has 3 rings (SSSR count). The van der Waals surface area contributed by atoms with Crippen molar-refractivity contribution in [1.82, 2.24) is 10.3 Å². The number of aromatic nitrogens is 1. The molecule has 1 heterocycles. The highest BCUT2D eigenvalue weighted by Crippen LogP contribution is 2.19. The SMILES string of the molecule is O=C(O)c1ccccc1S(=O)(=O)CCCCCNCCCCc1nc2ccccc2o1. The van der Waals surface area contributed by atoms with Crippen molar-refractivity contribution >= 4 is 26.9 Å². The molecule has 0 spiro atoms. The van der Waals surface area contributed by atoms with Crippen LogP contribution in [-0.2, 0) is 16.3 Å². The molecule has 0 bridgehead atoms. The van der Waals surface area contributed by atoms with Crippen LogP contribution < -0.4 is 5.32 Å².